The first-order valence-corrected chi connectivity index (χ1v) is 6.46. The van der Waals surface area contributed by atoms with Crippen LogP contribution in [0.5, 0.6) is 0 Å². The molecule has 0 aromatic heterocycles. The summed E-state index contributed by atoms with van der Waals surface area (Å²) in [4.78, 5) is 13.9. The topological polar surface area (TPSA) is 52.9 Å². The van der Waals surface area contributed by atoms with E-state index in [9.17, 15) is 4.79 Å². The second-order valence-corrected chi connectivity index (χ2v) is 4.92. The van der Waals surface area contributed by atoms with Crippen molar-refractivity contribution in [2.45, 2.75) is 6.54 Å². The van der Waals surface area contributed by atoms with Crippen LogP contribution in [0.15, 0.2) is 53.7 Å². The molecular formula is C15H11ClN2O2. The van der Waals surface area contributed by atoms with Crippen molar-refractivity contribution in [1.29, 1.82) is 0 Å². The fourth-order valence-corrected chi connectivity index (χ4v) is 2.41. The van der Waals surface area contributed by atoms with Crippen LogP contribution in [-0.2, 0) is 11.3 Å². The highest BCUT2D eigenvalue weighted by Crippen LogP contribution is 2.30. The Morgan fingerprint density at radius 3 is 2.50 bits per heavy atom. The molecule has 0 saturated carbocycles. The second kappa shape index (κ2) is 4.98. The number of rotatable bonds is 2. The number of fused-ring (bicyclic) bond motifs is 1. The molecule has 1 amide bonds. The minimum atomic E-state index is -0.302. The monoisotopic (exact) mass is 286 g/mol. The highest BCUT2D eigenvalue weighted by Gasteiger charge is 2.34. The number of benzene rings is 2. The van der Waals surface area contributed by atoms with Crippen LogP contribution in [-0.4, -0.2) is 16.8 Å². The number of carbonyl (C=O) groups is 1. The van der Waals surface area contributed by atoms with E-state index in [-0.39, 0.29) is 11.6 Å². The average Bonchev–Trinajstić information content (AvgIpc) is 2.74. The first-order chi connectivity index (χ1) is 9.70. The molecule has 0 aliphatic carbocycles. The van der Waals surface area contributed by atoms with Crippen molar-refractivity contribution < 1.29 is 10.0 Å². The number of oxime groups is 1. The molecule has 4 nitrogen and oxygen atoms in total. The van der Waals surface area contributed by atoms with Gasteiger partial charge in [0.25, 0.3) is 5.91 Å². The third-order valence-electron chi connectivity index (χ3n) is 3.25. The van der Waals surface area contributed by atoms with E-state index in [0.29, 0.717) is 17.1 Å². The molecule has 20 heavy (non-hydrogen) atoms. The van der Waals surface area contributed by atoms with Gasteiger partial charge in [-0.15, -0.1) is 0 Å². The molecule has 2 aromatic carbocycles. The molecule has 1 heterocycles. The number of anilines is 1. The van der Waals surface area contributed by atoms with Crippen LogP contribution in [0.2, 0.25) is 5.02 Å². The van der Waals surface area contributed by atoms with Gasteiger partial charge >= 0.3 is 0 Å². The molecule has 0 saturated heterocycles. The molecule has 5 heteroatoms. The fourth-order valence-electron chi connectivity index (χ4n) is 2.29. The molecule has 0 unspecified atom stereocenters. The van der Waals surface area contributed by atoms with Gasteiger partial charge in [-0.05, 0) is 23.8 Å². The Balaban J connectivity index is 1.98. The highest BCUT2D eigenvalue weighted by atomic mass is 35.5. The van der Waals surface area contributed by atoms with Crippen LogP contribution >= 0.6 is 11.6 Å². The van der Waals surface area contributed by atoms with Gasteiger partial charge in [0.2, 0.25) is 0 Å². The number of halogens is 1. The van der Waals surface area contributed by atoms with Crippen LogP contribution in [0.3, 0.4) is 0 Å². The van der Waals surface area contributed by atoms with Gasteiger partial charge in [0.1, 0.15) is 0 Å². The molecule has 3 rings (SSSR count). The van der Waals surface area contributed by atoms with Gasteiger partial charge in [0.15, 0.2) is 5.71 Å². The van der Waals surface area contributed by atoms with E-state index in [1.807, 2.05) is 30.3 Å². The van der Waals surface area contributed by atoms with E-state index in [4.69, 9.17) is 16.8 Å². The smallest absolute Gasteiger partial charge is 0.281 e. The second-order valence-electron chi connectivity index (χ2n) is 4.48. The molecule has 0 bridgehead atoms. The summed E-state index contributed by atoms with van der Waals surface area (Å²) in [6, 6.07) is 14.6. The lowest BCUT2D eigenvalue weighted by molar-refractivity contribution is -0.112. The van der Waals surface area contributed by atoms with Crippen LogP contribution in [0, 0.1) is 0 Å². The molecular weight excluding hydrogens is 276 g/mol. The third-order valence-corrected chi connectivity index (χ3v) is 3.50. The Morgan fingerprint density at radius 1 is 1.10 bits per heavy atom. The quantitative estimate of drug-likeness (QED) is 0.681. The van der Waals surface area contributed by atoms with Crippen molar-refractivity contribution in [3.63, 3.8) is 0 Å². The van der Waals surface area contributed by atoms with Gasteiger partial charge in [0.05, 0.1) is 12.2 Å². The summed E-state index contributed by atoms with van der Waals surface area (Å²) in [6.45, 7) is 0.409. The van der Waals surface area contributed by atoms with E-state index < -0.39 is 0 Å². The Hall–Kier alpha value is -2.33. The van der Waals surface area contributed by atoms with E-state index in [1.165, 1.54) is 0 Å². The van der Waals surface area contributed by atoms with Crippen LogP contribution in [0.25, 0.3) is 0 Å². The van der Waals surface area contributed by atoms with Crippen molar-refractivity contribution >= 4 is 28.9 Å². The predicted molar refractivity (Wildman–Crippen MR) is 77.4 cm³/mol. The standard InChI is InChI=1S/C15H11ClN2O2/c16-11-7-5-10(6-8-11)9-18-13-4-2-1-3-12(13)14(17-20)15(18)19/h1-8,20H,9H2/b17-14-. The van der Waals surface area contributed by atoms with E-state index in [0.717, 1.165) is 11.3 Å². The zero-order chi connectivity index (χ0) is 14.1. The lowest BCUT2D eigenvalue weighted by Gasteiger charge is -2.16. The van der Waals surface area contributed by atoms with Crippen molar-refractivity contribution in [3.8, 4) is 0 Å². The van der Waals surface area contributed by atoms with Crippen LogP contribution in [0.4, 0.5) is 5.69 Å². The minimum absolute atomic E-state index is 0.0783. The number of carbonyl (C=O) groups excluding carboxylic acids is 1. The molecule has 1 N–H and O–H groups in total. The summed E-state index contributed by atoms with van der Waals surface area (Å²) >= 11 is 5.85. The Morgan fingerprint density at radius 2 is 1.80 bits per heavy atom. The fraction of sp³-hybridized carbons (Fsp3) is 0.0667. The summed E-state index contributed by atoms with van der Waals surface area (Å²) in [5.74, 6) is -0.302. The molecule has 2 aromatic rings. The maximum Gasteiger partial charge on any atom is 0.281 e. The zero-order valence-corrected chi connectivity index (χ0v) is 11.2. The number of para-hydroxylation sites is 1. The normalized spacial score (nSPS) is 15.8. The largest absolute Gasteiger partial charge is 0.410 e. The van der Waals surface area contributed by atoms with Crippen molar-refractivity contribution in [2.75, 3.05) is 4.90 Å². The first kappa shape index (κ1) is 12.7. The lowest BCUT2D eigenvalue weighted by atomic mass is 10.1. The van der Waals surface area contributed by atoms with Gasteiger partial charge in [-0.1, -0.05) is 47.1 Å². The predicted octanol–water partition coefficient (Wildman–Crippen LogP) is 3.07. The molecule has 100 valence electrons. The Bertz CT molecular complexity index is 695. The molecule has 0 atom stereocenters. The summed E-state index contributed by atoms with van der Waals surface area (Å²) in [5, 5.41) is 12.8. The van der Waals surface area contributed by atoms with Gasteiger partial charge in [-0.2, -0.15) is 0 Å². The van der Waals surface area contributed by atoms with Crippen LogP contribution < -0.4 is 4.90 Å². The molecule has 0 fully saturated rings. The zero-order valence-electron chi connectivity index (χ0n) is 10.5. The van der Waals surface area contributed by atoms with Gasteiger partial charge in [-0.25, -0.2) is 0 Å². The van der Waals surface area contributed by atoms with E-state index in [1.54, 1.807) is 23.1 Å². The van der Waals surface area contributed by atoms with Crippen molar-refractivity contribution in [3.05, 3.63) is 64.7 Å². The lowest BCUT2D eigenvalue weighted by Crippen LogP contribution is -2.29. The average molecular weight is 287 g/mol. The highest BCUT2D eigenvalue weighted by molar-refractivity contribution is 6.54. The summed E-state index contributed by atoms with van der Waals surface area (Å²) < 4.78 is 0. The first-order valence-electron chi connectivity index (χ1n) is 6.08. The van der Waals surface area contributed by atoms with Gasteiger partial charge in [0, 0.05) is 10.6 Å². The van der Waals surface area contributed by atoms with Crippen LogP contribution in [0.1, 0.15) is 11.1 Å². The number of nitrogens with zero attached hydrogens (tertiary/aromatic N) is 2. The third kappa shape index (κ3) is 2.04. The van der Waals surface area contributed by atoms with Gasteiger partial charge < -0.3 is 10.1 Å². The SMILES string of the molecule is O=C1/C(=N\O)c2ccccc2N1Cc1ccc(Cl)cc1. The van der Waals surface area contributed by atoms with Crippen molar-refractivity contribution in [1.82, 2.24) is 0 Å². The number of hydrogen-bond donors (Lipinski definition) is 1. The molecule has 1 aliphatic rings. The Labute approximate surface area is 120 Å². The Kier molecular flexibility index (Phi) is 3.16. The van der Waals surface area contributed by atoms with E-state index >= 15 is 0 Å². The minimum Gasteiger partial charge on any atom is -0.410 e. The summed E-state index contributed by atoms with van der Waals surface area (Å²) in [5.41, 5.74) is 2.43. The number of amides is 1. The molecule has 0 radical (unpaired) electrons. The van der Waals surface area contributed by atoms with Crippen molar-refractivity contribution in [2.24, 2.45) is 5.16 Å². The van der Waals surface area contributed by atoms with E-state index in [2.05, 4.69) is 5.16 Å². The molecule has 1 aliphatic heterocycles. The molecule has 0 spiro atoms. The summed E-state index contributed by atoms with van der Waals surface area (Å²) in [6.07, 6.45) is 0. The maximum absolute atomic E-state index is 12.3. The van der Waals surface area contributed by atoms with Gasteiger partial charge in [-0.3, -0.25) is 4.79 Å². The number of hydrogen-bond acceptors (Lipinski definition) is 3. The summed E-state index contributed by atoms with van der Waals surface area (Å²) in [7, 11) is 0. The maximum atomic E-state index is 12.3.